The molecule has 0 atom stereocenters. The maximum absolute atomic E-state index is 11.2. The van der Waals surface area contributed by atoms with E-state index in [-0.39, 0.29) is 18.3 Å². The van der Waals surface area contributed by atoms with Crippen molar-refractivity contribution in [3.8, 4) is 6.07 Å². The Kier molecular flexibility index (Phi) is 7.10. The molecule has 0 unspecified atom stereocenters. The van der Waals surface area contributed by atoms with Gasteiger partial charge in [0, 0.05) is 25.8 Å². The molecule has 0 aliphatic rings. The van der Waals surface area contributed by atoms with Crippen molar-refractivity contribution < 1.29 is 4.79 Å². The highest BCUT2D eigenvalue weighted by Gasteiger charge is 2.08. The van der Waals surface area contributed by atoms with E-state index in [0.29, 0.717) is 25.3 Å². The summed E-state index contributed by atoms with van der Waals surface area (Å²) in [6, 6.07) is 3.98. The van der Waals surface area contributed by atoms with Crippen LogP contribution < -0.4 is 10.6 Å². The highest BCUT2D eigenvalue weighted by atomic mass is 35.5. The van der Waals surface area contributed by atoms with Gasteiger partial charge in [0.05, 0.1) is 6.54 Å². The van der Waals surface area contributed by atoms with Crippen molar-refractivity contribution in [1.29, 1.82) is 5.26 Å². The Balaban J connectivity index is 0.00000289. The van der Waals surface area contributed by atoms with E-state index in [2.05, 4.69) is 16.7 Å². The van der Waals surface area contributed by atoms with E-state index in [9.17, 15) is 4.79 Å². The van der Waals surface area contributed by atoms with Gasteiger partial charge >= 0.3 is 0 Å². The van der Waals surface area contributed by atoms with Gasteiger partial charge in [-0.25, -0.2) is 0 Å². The first-order valence-electron chi connectivity index (χ1n) is 5.62. The number of nitriles is 1. The number of nitrogens with zero attached hydrogens (tertiary/aromatic N) is 2. The van der Waals surface area contributed by atoms with Crippen molar-refractivity contribution in [2.45, 2.75) is 20.4 Å². The standard InChI is InChI=1S/C12H18N4O.ClH/c1-4-15-12(17)8-14-7-10-5-11(6-13)16(3)9(10)2;/h5,14H,4,7-8H2,1-3H3,(H,15,17);1H. The van der Waals surface area contributed by atoms with Crippen LogP contribution in [-0.2, 0) is 18.4 Å². The summed E-state index contributed by atoms with van der Waals surface area (Å²) in [6.45, 7) is 5.38. The number of hydrogen-bond acceptors (Lipinski definition) is 3. The van der Waals surface area contributed by atoms with Crippen LogP contribution in [0.15, 0.2) is 6.07 Å². The highest BCUT2D eigenvalue weighted by Crippen LogP contribution is 2.12. The van der Waals surface area contributed by atoms with E-state index >= 15 is 0 Å². The minimum Gasteiger partial charge on any atom is -0.355 e. The van der Waals surface area contributed by atoms with Crippen molar-refractivity contribution in [2.75, 3.05) is 13.1 Å². The molecule has 6 heteroatoms. The molecular formula is C12H19ClN4O. The molecule has 1 aromatic rings. The summed E-state index contributed by atoms with van der Waals surface area (Å²) >= 11 is 0. The van der Waals surface area contributed by atoms with Crippen LogP contribution in [0, 0.1) is 18.3 Å². The minimum absolute atomic E-state index is 0. The molecule has 0 radical (unpaired) electrons. The van der Waals surface area contributed by atoms with E-state index in [4.69, 9.17) is 5.26 Å². The maximum Gasteiger partial charge on any atom is 0.233 e. The molecule has 1 heterocycles. The quantitative estimate of drug-likeness (QED) is 0.834. The molecule has 2 N–H and O–H groups in total. The molecule has 0 saturated carbocycles. The van der Waals surface area contributed by atoms with Crippen molar-refractivity contribution in [3.63, 3.8) is 0 Å². The molecular weight excluding hydrogens is 252 g/mol. The van der Waals surface area contributed by atoms with Crippen LogP contribution in [0.5, 0.6) is 0 Å². The normalized spacial score (nSPS) is 9.44. The summed E-state index contributed by atoms with van der Waals surface area (Å²) in [6.07, 6.45) is 0. The molecule has 0 aliphatic carbocycles. The van der Waals surface area contributed by atoms with Crippen molar-refractivity contribution in [2.24, 2.45) is 7.05 Å². The lowest BCUT2D eigenvalue weighted by atomic mass is 10.2. The van der Waals surface area contributed by atoms with E-state index in [1.165, 1.54) is 0 Å². The number of hydrogen-bond donors (Lipinski definition) is 2. The number of nitrogens with one attached hydrogen (secondary N) is 2. The molecule has 0 saturated heterocycles. The fourth-order valence-electron chi connectivity index (χ4n) is 1.62. The average molecular weight is 271 g/mol. The van der Waals surface area contributed by atoms with Crippen LogP contribution in [-0.4, -0.2) is 23.6 Å². The van der Waals surface area contributed by atoms with E-state index in [1.807, 2.05) is 31.5 Å². The first kappa shape index (κ1) is 16.5. The third kappa shape index (κ3) is 4.06. The van der Waals surface area contributed by atoms with Gasteiger partial charge in [-0.2, -0.15) is 5.26 Å². The molecule has 0 spiro atoms. The molecule has 0 fully saturated rings. The summed E-state index contributed by atoms with van der Waals surface area (Å²) in [4.78, 5) is 11.2. The first-order valence-corrected chi connectivity index (χ1v) is 5.62. The number of likely N-dealkylation sites (N-methyl/N-ethyl adjacent to an activating group) is 1. The van der Waals surface area contributed by atoms with Gasteiger partial charge in [-0.05, 0) is 25.5 Å². The number of aromatic nitrogens is 1. The number of carbonyl (C=O) groups is 1. The monoisotopic (exact) mass is 270 g/mol. The molecule has 5 nitrogen and oxygen atoms in total. The van der Waals surface area contributed by atoms with Crippen LogP contribution in [0.3, 0.4) is 0 Å². The third-order valence-corrected chi connectivity index (χ3v) is 2.73. The smallest absolute Gasteiger partial charge is 0.233 e. The van der Waals surface area contributed by atoms with Crippen molar-refractivity contribution >= 4 is 18.3 Å². The second-order valence-corrected chi connectivity index (χ2v) is 3.87. The second-order valence-electron chi connectivity index (χ2n) is 3.87. The fraction of sp³-hybridized carbons (Fsp3) is 0.500. The predicted molar refractivity (Wildman–Crippen MR) is 72.5 cm³/mol. The molecule has 1 amide bonds. The van der Waals surface area contributed by atoms with Gasteiger partial charge in [-0.15, -0.1) is 12.4 Å². The number of rotatable bonds is 5. The van der Waals surface area contributed by atoms with Gasteiger partial charge < -0.3 is 15.2 Å². The van der Waals surface area contributed by atoms with Crippen LogP contribution in [0.2, 0.25) is 0 Å². The van der Waals surface area contributed by atoms with Crippen molar-refractivity contribution in [1.82, 2.24) is 15.2 Å². The Labute approximate surface area is 114 Å². The Morgan fingerprint density at radius 2 is 2.22 bits per heavy atom. The van der Waals surface area contributed by atoms with Gasteiger partial charge in [0.25, 0.3) is 0 Å². The Morgan fingerprint density at radius 3 is 2.72 bits per heavy atom. The zero-order valence-electron chi connectivity index (χ0n) is 10.9. The number of amides is 1. The van der Waals surface area contributed by atoms with E-state index in [1.54, 1.807) is 0 Å². The summed E-state index contributed by atoms with van der Waals surface area (Å²) in [5, 5.41) is 14.7. The lowest BCUT2D eigenvalue weighted by molar-refractivity contribution is -0.120. The summed E-state index contributed by atoms with van der Waals surface area (Å²) in [7, 11) is 1.86. The lowest BCUT2D eigenvalue weighted by Gasteiger charge is -2.05. The van der Waals surface area contributed by atoms with Gasteiger partial charge in [-0.3, -0.25) is 4.79 Å². The predicted octanol–water partition coefficient (Wildman–Crippen LogP) is 0.853. The summed E-state index contributed by atoms with van der Waals surface area (Å²) in [5.74, 6) is -0.0124. The zero-order valence-corrected chi connectivity index (χ0v) is 11.7. The third-order valence-electron chi connectivity index (χ3n) is 2.73. The SMILES string of the molecule is CCNC(=O)CNCc1cc(C#N)n(C)c1C.Cl. The minimum atomic E-state index is -0.0124. The number of carbonyl (C=O) groups excluding carboxylic acids is 1. The summed E-state index contributed by atoms with van der Waals surface area (Å²) < 4.78 is 1.85. The molecule has 1 aromatic heterocycles. The largest absolute Gasteiger partial charge is 0.355 e. The fourth-order valence-corrected chi connectivity index (χ4v) is 1.62. The Bertz CT molecular complexity index is 448. The van der Waals surface area contributed by atoms with Gasteiger partial charge in [0.1, 0.15) is 11.8 Å². The first-order chi connectivity index (χ1) is 8.10. The van der Waals surface area contributed by atoms with Gasteiger partial charge in [-0.1, -0.05) is 0 Å². The van der Waals surface area contributed by atoms with Crippen LogP contribution in [0.25, 0.3) is 0 Å². The lowest BCUT2D eigenvalue weighted by Crippen LogP contribution is -2.33. The van der Waals surface area contributed by atoms with E-state index in [0.717, 1.165) is 11.3 Å². The Hall–Kier alpha value is -1.51. The van der Waals surface area contributed by atoms with Gasteiger partial charge in [0.15, 0.2) is 0 Å². The molecule has 0 bridgehead atoms. The van der Waals surface area contributed by atoms with E-state index < -0.39 is 0 Å². The zero-order chi connectivity index (χ0) is 12.8. The van der Waals surface area contributed by atoms with Crippen molar-refractivity contribution in [3.05, 3.63) is 23.0 Å². The van der Waals surface area contributed by atoms with Gasteiger partial charge in [0.2, 0.25) is 5.91 Å². The van der Waals surface area contributed by atoms with Crippen LogP contribution in [0.4, 0.5) is 0 Å². The summed E-state index contributed by atoms with van der Waals surface area (Å²) in [5.41, 5.74) is 2.73. The topological polar surface area (TPSA) is 69.8 Å². The molecule has 0 aromatic carbocycles. The molecule has 1 rings (SSSR count). The Morgan fingerprint density at radius 1 is 1.56 bits per heavy atom. The second kappa shape index (κ2) is 7.75. The molecule has 18 heavy (non-hydrogen) atoms. The highest BCUT2D eigenvalue weighted by molar-refractivity contribution is 5.85. The maximum atomic E-state index is 11.2. The van der Waals surface area contributed by atoms with Crippen LogP contribution in [0.1, 0.15) is 23.9 Å². The van der Waals surface area contributed by atoms with Crippen LogP contribution >= 0.6 is 12.4 Å². The number of halogens is 1. The molecule has 0 aliphatic heterocycles. The average Bonchev–Trinajstić information content (AvgIpc) is 2.57. The molecule has 100 valence electrons.